The molecule has 3 aliphatic rings. The summed E-state index contributed by atoms with van der Waals surface area (Å²) in [4.78, 5) is 11.6. The molecule has 0 amide bonds. The van der Waals surface area contributed by atoms with Crippen LogP contribution in [0.1, 0.15) is 51.5 Å². The second-order valence-electron chi connectivity index (χ2n) is 12.4. The number of aromatic nitrogens is 8. The Morgan fingerprint density at radius 2 is 1.72 bits per heavy atom. The third-order valence-electron chi connectivity index (χ3n) is 9.13. The maximum Gasteiger partial charge on any atom is 0.272 e. The Morgan fingerprint density at radius 3 is 2.43 bits per heavy atom. The molecule has 1 aliphatic carbocycles. The molecule has 13 nitrogen and oxygen atoms in total. The predicted octanol–water partition coefficient (Wildman–Crippen LogP) is 5.18. The van der Waals surface area contributed by atoms with Gasteiger partial charge in [0.2, 0.25) is 5.95 Å². The van der Waals surface area contributed by atoms with Gasteiger partial charge in [0.25, 0.3) is 12.3 Å². The zero-order valence-electron chi connectivity index (χ0n) is 26.0. The number of fused-ring (bicyclic) bond motifs is 2. The number of tetrazole rings is 1. The lowest BCUT2D eigenvalue weighted by atomic mass is 9.89. The molecule has 1 N–H and O–H groups in total. The van der Waals surface area contributed by atoms with Crippen LogP contribution in [0.2, 0.25) is 5.02 Å². The van der Waals surface area contributed by atoms with Crippen molar-refractivity contribution in [1.29, 1.82) is 0 Å². The smallest absolute Gasteiger partial charge is 0.272 e. The Balaban J connectivity index is 1.02. The molecule has 2 aliphatic heterocycles. The molecule has 2 bridgehead atoms. The SMILES string of the molecule is C[C@@H](Cn1cnnn1)Oc1cc(-c2cnc(Nc3cn([C@H]4CC[C@H](N5[C@@H]6CC[C@H]5COC6)CC4)nc3OCC(F)F)nc2)ccc1Cl. The van der Waals surface area contributed by atoms with E-state index >= 15 is 0 Å². The van der Waals surface area contributed by atoms with Crippen LogP contribution in [0.15, 0.2) is 43.1 Å². The summed E-state index contributed by atoms with van der Waals surface area (Å²) < 4.78 is 46.9. The summed E-state index contributed by atoms with van der Waals surface area (Å²) in [7, 11) is 0. The molecule has 7 rings (SSSR count). The quantitative estimate of drug-likeness (QED) is 0.214. The number of benzene rings is 1. The van der Waals surface area contributed by atoms with Crippen molar-refractivity contribution in [2.75, 3.05) is 25.1 Å². The highest BCUT2D eigenvalue weighted by atomic mass is 35.5. The van der Waals surface area contributed by atoms with Crippen LogP contribution >= 0.6 is 11.6 Å². The van der Waals surface area contributed by atoms with Crippen molar-refractivity contribution in [2.24, 2.45) is 0 Å². The molecule has 0 unspecified atom stereocenters. The number of rotatable bonds is 12. The lowest BCUT2D eigenvalue weighted by Crippen LogP contribution is -2.52. The number of morpholine rings is 1. The normalized spacial score (nSPS) is 23.6. The maximum atomic E-state index is 13.1. The first kappa shape index (κ1) is 31.6. The molecule has 47 heavy (non-hydrogen) atoms. The van der Waals surface area contributed by atoms with E-state index in [-0.39, 0.29) is 24.0 Å². The first-order valence-corrected chi connectivity index (χ1v) is 16.4. The van der Waals surface area contributed by atoms with Crippen molar-refractivity contribution in [2.45, 2.75) is 88.7 Å². The second kappa shape index (κ2) is 14.0. The van der Waals surface area contributed by atoms with Gasteiger partial charge in [-0.05, 0) is 73.6 Å². The fourth-order valence-electron chi connectivity index (χ4n) is 6.99. The molecule has 0 radical (unpaired) electrons. The van der Waals surface area contributed by atoms with Gasteiger partial charge in [0.05, 0.1) is 37.0 Å². The average molecular weight is 671 g/mol. The molecule has 3 aromatic heterocycles. The van der Waals surface area contributed by atoms with Gasteiger partial charge in [-0.3, -0.25) is 9.58 Å². The minimum Gasteiger partial charge on any atom is -0.487 e. The van der Waals surface area contributed by atoms with Crippen LogP contribution in [0, 0.1) is 0 Å². The minimum absolute atomic E-state index is 0.0987. The van der Waals surface area contributed by atoms with E-state index in [4.69, 9.17) is 25.8 Å². The number of nitrogens with one attached hydrogen (secondary N) is 1. The van der Waals surface area contributed by atoms with Crippen LogP contribution < -0.4 is 14.8 Å². The van der Waals surface area contributed by atoms with Gasteiger partial charge in [-0.25, -0.2) is 23.4 Å². The van der Waals surface area contributed by atoms with E-state index in [1.165, 1.54) is 19.2 Å². The Labute approximate surface area is 275 Å². The van der Waals surface area contributed by atoms with E-state index in [1.54, 1.807) is 29.3 Å². The molecule has 3 fully saturated rings. The largest absolute Gasteiger partial charge is 0.487 e. The molecule has 1 aromatic carbocycles. The minimum atomic E-state index is -2.63. The molecule has 5 heterocycles. The van der Waals surface area contributed by atoms with E-state index in [1.807, 2.05) is 23.7 Å². The zero-order valence-corrected chi connectivity index (χ0v) is 26.7. The number of anilines is 2. The molecule has 3 atom stereocenters. The summed E-state index contributed by atoms with van der Waals surface area (Å²) in [5.74, 6) is 0.885. The summed E-state index contributed by atoms with van der Waals surface area (Å²) in [6, 6.07) is 7.19. The number of hydrogen-bond acceptors (Lipinski definition) is 11. The van der Waals surface area contributed by atoms with Gasteiger partial charge < -0.3 is 19.5 Å². The summed E-state index contributed by atoms with van der Waals surface area (Å²) in [5.41, 5.74) is 1.98. The van der Waals surface area contributed by atoms with E-state index in [0.29, 0.717) is 41.1 Å². The zero-order chi connectivity index (χ0) is 32.3. The second-order valence-corrected chi connectivity index (χ2v) is 12.8. The fraction of sp³-hybridized carbons (Fsp3) is 0.548. The van der Waals surface area contributed by atoms with Crippen molar-refractivity contribution in [3.8, 4) is 22.8 Å². The number of halogens is 3. The van der Waals surface area contributed by atoms with E-state index in [9.17, 15) is 8.78 Å². The van der Waals surface area contributed by atoms with E-state index in [0.717, 1.165) is 50.0 Å². The molecule has 1 saturated carbocycles. The first-order valence-electron chi connectivity index (χ1n) is 16.0. The molecular formula is C31H37ClF2N10O3. The highest BCUT2D eigenvalue weighted by Crippen LogP contribution is 2.39. The van der Waals surface area contributed by atoms with Crippen molar-refractivity contribution in [3.63, 3.8) is 0 Å². The monoisotopic (exact) mass is 670 g/mol. The van der Waals surface area contributed by atoms with E-state index < -0.39 is 13.0 Å². The van der Waals surface area contributed by atoms with Crippen LogP contribution in [0.5, 0.6) is 11.6 Å². The van der Waals surface area contributed by atoms with Crippen LogP contribution in [-0.4, -0.2) is 95.3 Å². The summed E-state index contributed by atoms with van der Waals surface area (Å²) in [6.07, 6.45) is 10.2. The van der Waals surface area contributed by atoms with Crippen LogP contribution in [0.3, 0.4) is 0 Å². The Hall–Kier alpha value is -3.95. The first-order chi connectivity index (χ1) is 22.9. The van der Waals surface area contributed by atoms with E-state index in [2.05, 4.69) is 40.8 Å². The van der Waals surface area contributed by atoms with Gasteiger partial charge in [0.15, 0.2) is 6.61 Å². The fourth-order valence-corrected chi connectivity index (χ4v) is 7.15. The van der Waals surface area contributed by atoms with Crippen LogP contribution in [-0.2, 0) is 11.3 Å². The van der Waals surface area contributed by atoms with Gasteiger partial charge in [-0.15, -0.1) is 10.2 Å². The highest BCUT2D eigenvalue weighted by molar-refractivity contribution is 6.32. The lowest BCUT2D eigenvalue weighted by molar-refractivity contribution is -0.0458. The third-order valence-corrected chi connectivity index (χ3v) is 9.44. The molecule has 2 saturated heterocycles. The van der Waals surface area contributed by atoms with Gasteiger partial charge in [-0.1, -0.05) is 17.7 Å². The maximum absolute atomic E-state index is 13.1. The molecule has 16 heteroatoms. The number of nitrogens with zero attached hydrogens (tertiary/aromatic N) is 9. The number of alkyl halides is 2. The highest BCUT2D eigenvalue weighted by Gasteiger charge is 2.42. The van der Waals surface area contributed by atoms with Crippen molar-refractivity contribution < 1.29 is 23.0 Å². The summed E-state index contributed by atoms with van der Waals surface area (Å²) in [6.45, 7) is 3.25. The van der Waals surface area contributed by atoms with Crippen molar-refractivity contribution >= 4 is 23.2 Å². The average Bonchev–Trinajstić information content (AvgIpc) is 3.79. The van der Waals surface area contributed by atoms with Crippen molar-refractivity contribution in [1.82, 2.24) is 44.9 Å². The Morgan fingerprint density at radius 1 is 1.00 bits per heavy atom. The lowest BCUT2D eigenvalue weighted by Gasteiger charge is -2.43. The van der Waals surface area contributed by atoms with Gasteiger partial charge in [0.1, 0.15) is 23.9 Å². The van der Waals surface area contributed by atoms with Gasteiger partial charge >= 0.3 is 0 Å². The summed E-state index contributed by atoms with van der Waals surface area (Å²) >= 11 is 6.41. The van der Waals surface area contributed by atoms with Gasteiger partial charge in [-0.2, -0.15) is 0 Å². The summed E-state index contributed by atoms with van der Waals surface area (Å²) in [5, 5.41) is 19.3. The van der Waals surface area contributed by atoms with Crippen molar-refractivity contribution in [3.05, 3.63) is 48.1 Å². The topological polar surface area (TPSA) is 130 Å². The molecule has 4 aromatic rings. The third kappa shape index (κ3) is 7.31. The Kier molecular flexibility index (Phi) is 9.45. The van der Waals surface area contributed by atoms with Crippen LogP contribution in [0.4, 0.5) is 20.4 Å². The molecule has 250 valence electrons. The standard InChI is InChI=1S/C31H37ClF2N10O3/c1-19(13-42-18-37-40-41-42)47-28-10-20(2-9-26(28)32)21-11-35-31(36-12-21)38-27-14-43(39-30(27)46-17-29(33)34)22-3-5-23(6-4-22)44-24-7-8-25(44)16-45-15-24/h2,9-12,14,18-19,22-25,29H,3-8,13,15-17H2,1H3,(H,35,36,38)/t19-,22-,23-,24-,25+/m0/s1. The van der Waals surface area contributed by atoms with Crippen LogP contribution in [0.25, 0.3) is 11.1 Å². The number of ether oxygens (including phenoxy) is 3. The Bertz CT molecular complexity index is 1600. The molecular weight excluding hydrogens is 634 g/mol. The van der Waals surface area contributed by atoms with Gasteiger partial charge in [0, 0.05) is 36.1 Å². The predicted molar refractivity (Wildman–Crippen MR) is 168 cm³/mol. The molecule has 0 spiro atoms. The number of hydrogen-bond donors (Lipinski definition) is 1.